The maximum Gasteiger partial charge on any atom is 0.293 e. The minimum absolute atomic E-state index is 0.0227. The Morgan fingerprint density at radius 3 is 2.65 bits per heavy atom. The van der Waals surface area contributed by atoms with Crippen LogP contribution >= 0.6 is 0 Å². The minimum atomic E-state index is -0.417. The number of fused-ring (bicyclic) bond motifs is 1. The zero-order valence-electron chi connectivity index (χ0n) is 11.4. The highest BCUT2D eigenvalue weighted by Crippen LogP contribution is 2.38. The summed E-state index contributed by atoms with van der Waals surface area (Å²) in [5.74, 6) is 7.09. The molecule has 2 fully saturated rings. The fraction of sp³-hybridized carbons (Fsp3) is 0.571. The Bertz CT molecular complexity index is 508. The van der Waals surface area contributed by atoms with Crippen molar-refractivity contribution < 1.29 is 4.92 Å². The third kappa shape index (κ3) is 2.48. The molecule has 0 radical (unpaired) electrons. The van der Waals surface area contributed by atoms with Gasteiger partial charge in [-0.05, 0) is 36.3 Å². The number of nitrogens with zero attached hydrogens (tertiary/aromatic N) is 2. The quantitative estimate of drug-likeness (QED) is 0.500. The summed E-state index contributed by atoms with van der Waals surface area (Å²) in [4.78, 5) is 12.9. The van der Waals surface area contributed by atoms with Crippen LogP contribution in [-0.4, -0.2) is 22.9 Å². The predicted octanol–water partition coefficient (Wildman–Crippen LogP) is 2.11. The molecule has 2 aliphatic rings. The van der Waals surface area contributed by atoms with Gasteiger partial charge in [-0.3, -0.25) is 20.9 Å². The van der Waals surface area contributed by atoms with Crippen molar-refractivity contribution in [2.45, 2.75) is 25.8 Å². The first-order valence-electron chi connectivity index (χ1n) is 7.13. The van der Waals surface area contributed by atoms with E-state index in [9.17, 15) is 10.1 Å². The molecule has 1 saturated heterocycles. The molecule has 1 aromatic carbocycles. The predicted molar refractivity (Wildman–Crippen MR) is 77.0 cm³/mol. The van der Waals surface area contributed by atoms with E-state index in [4.69, 9.17) is 5.84 Å². The maximum atomic E-state index is 10.9. The van der Waals surface area contributed by atoms with Crippen molar-refractivity contribution in [2.75, 3.05) is 18.5 Å². The molecule has 0 aromatic heterocycles. The second kappa shape index (κ2) is 5.38. The topological polar surface area (TPSA) is 84.4 Å². The third-order valence-electron chi connectivity index (χ3n) is 4.62. The first-order valence-corrected chi connectivity index (χ1v) is 7.13. The van der Waals surface area contributed by atoms with Gasteiger partial charge in [0.05, 0.1) is 4.92 Å². The van der Waals surface area contributed by atoms with E-state index in [1.165, 1.54) is 25.3 Å². The van der Waals surface area contributed by atoms with Crippen LogP contribution in [0.2, 0.25) is 0 Å². The number of nitro groups is 1. The minimum Gasteiger partial charge on any atom is -0.318 e. The number of nitrogen functional groups attached to an aromatic ring is 1. The Morgan fingerprint density at radius 1 is 1.35 bits per heavy atom. The summed E-state index contributed by atoms with van der Waals surface area (Å²) in [6.07, 6.45) is 4.09. The molecule has 1 aromatic rings. The highest BCUT2D eigenvalue weighted by atomic mass is 16.6. The van der Waals surface area contributed by atoms with Crippen LogP contribution in [0.4, 0.5) is 11.4 Å². The van der Waals surface area contributed by atoms with Gasteiger partial charge >= 0.3 is 0 Å². The molecule has 2 unspecified atom stereocenters. The molecule has 3 N–H and O–H groups in total. The van der Waals surface area contributed by atoms with E-state index in [1.807, 2.05) is 6.07 Å². The lowest BCUT2D eigenvalue weighted by Crippen LogP contribution is -2.21. The molecule has 0 spiro atoms. The van der Waals surface area contributed by atoms with Crippen LogP contribution in [0.15, 0.2) is 18.2 Å². The zero-order chi connectivity index (χ0) is 14.1. The number of anilines is 1. The number of likely N-dealkylation sites (tertiary alicyclic amines) is 1. The average molecular weight is 276 g/mol. The van der Waals surface area contributed by atoms with Crippen molar-refractivity contribution in [2.24, 2.45) is 17.7 Å². The Hall–Kier alpha value is -1.66. The van der Waals surface area contributed by atoms with Crippen LogP contribution in [0.5, 0.6) is 0 Å². The van der Waals surface area contributed by atoms with Crippen LogP contribution in [0.1, 0.15) is 24.8 Å². The molecule has 1 saturated carbocycles. The number of nitrogens with two attached hydrogens (primary N) is 1. The first-order chi connectivity index (χ1) is 9.67. The van der Waals surface area contributed by atoms with Gasteiger partial charge in [0.1, 0.15) is 5.69 Å². The van der Waals surface area contributed by atoms with Crippen LogP contribution in [-0.2, 0) is 6.54 Å². The van der Waals surface area contributed by atoms with Gasteiger partial charge in [0.2, 0.25) is 0 Å². The molecule has 0 amide bonds. The Balaban J connectivity index is 1.70. The summed E-state index contributed by atoms with van der Waals surface area (Å²) in [5.41, 5.74) is 3.90. The smallest absolute Gasteiger partial charge is 0.293 e. The largest absolute Gasteiger partial charge is 0.318 e. The Labute approximate surface area is 118 Å². The van der Waals surface area contributed by atoms with Gasteiger partial charge in [0.25, 0.3) is 5.69 Å². The van der Waals surface area contributed by atoms with Crippen molar-refractivity contribution in [3.8, 4) is 0 Å². The van der Waals surface area contributed by atoms with Crippen molar-refractivity contribution >= 4 is 11.4 Å². The van der Waals surface area contributed by atoms with Crippen LogP contribution < -0.4 is 11.3 Å². The number of hydrazine groups is 1. The van der Waals surface area contributed by atoms with Crippen molar-refractivity contribution in [1.82, 2.24) is 4.90 Å². The average Bonchev–Trinajstić information content (AvgIpc) is 2.99. The van der Waals surface area contributed by atoms with Crippen LogP contribution in [0.25, 0.3) is 0 Å². The zero-order valence-corrected chi connectivity index (χ0v) is 11.4. The lowest BCUT2D eigenvalue weighted by molar-refractivity contribution is -0.384. The molecule has 0 bridgehead atoms. The molecule has 2 atom stereocenters. The summed E-state index contributed by atoms with van der Waals surface area (Å²) < 4.78 is 0. The monoisotopic (exact) mass is 276 g/mol. The highest BCUT2D eigenvalue weighted by Gasteiger charge is 2.35. The first kappa shape index (κ1) is 13.3. The normalized spacial score (nSPS) is 25.6. The summed E-state index contributed by atoms with van der Waals surface area (Å²) in [6.45, 7) is 3.17. The van der Waals surface area contributed by atoms with Gasteiger partial charge in [-0.25, -0.2) is 0 Å². The lowest BCUT2D eigenvalue weighted by atomic mass is 10.0. The van der Waals surface area contributed by atoms with E-state index in [1.54, 1.807) is 6.07 Å². The van der Waals surface area contributed by atoms with Gasteiger partial charge in [-0.2, -0.15) is 0 Å². The molecular formula is C14H20N4O2. The lowest BCUT2D eigenvalue weighted by Gasteiger charge is -2.17. The van der Waals surface area contributed by atoms with E-state index in [0.29, 0.717) is 5.69 Å². The fourth-order valence-electron chi connectivity index (χ4n) is 3.68. The molecular weight excluding hydrogens is 256 g/mol. The number of benzene rings is 1. The maximum absolute atomic E-state index is 10.9. The third-order valence-corrected chi connectivity index (χ3v) is 4.62. The van der Waals surface area contributed by atoms with Crippen LogP contribution in [0, 0.1) is 22.0 Å². The van der Waals surface area contributed by atoms with E-state index >= 15 is 0 Å². The summed E-state index contributed by atoms with van der Waals surface area (Å²) in [6, 6.07) is 5.14. The standard InChI is InChI=1S/C14H20N4O2/c15-16-13-6-10(4-5-14(13)18(19)20)7-17-8-11-2-1-3-12(11)9-17/h4-6,11-12,16H,1-3,7-9,15H2. The van der Waals surface area contributed by atoms with Crippen molar-refractivity contribution in [1.29, 1.82) is 0 Å². The second-order valence-electron chi connectivity index (χ2n) is 5.90. The number of nitrogens with one attached hydrogen (secondary N) is 1. The number of hydrogen-bond donors (Lipinski definition) is 2. The van der Waals surface area contributed by atoms with Crippen LogP contribution in [0.3, 0.4) is 0 Å². The van der Waals surface area contributed by atoms with E-state index < -0.39 is 4.92 Å². The molecule has 1 heterocycles. The number of nitro benzene ring substituents is 1. The molecule has 3 rings (SSSR count). The van der Waals surface area contributed by atoms with Crippen molar-refractivity contribution in [3.63, 3.8) is 0 Å². The molecule has 6 nitrogen and oxygen atoms in total. The molecule has 6 heteroatoms. The van der Waals surface area contributed by atoms with Gasteiger partial charge in [-0.15, -0.1) is 0 Å². The number of hydrogen-bond acceptors (Lipinski definition) is 5. The van der Waals surface area contributed by atoms with Crippen molar-refractivity contribution in [3.05, 3.63) is 33.9 Å². The Kier molecular flexibility index (Phi) is 3.58. The molecule has 1 aliphatic heterocycles. The van der Waals surface area contributed by atoms with E-state index in [2.05, 4.69) is 10.3 Å². The molecule has 108 valence electrons. The van der Waals surface area contributed by atoms with Gasteiger partial charge in [-0.1, -0.05) is 12.5 Å². The second-order valence-corrected chi connectivity index (χ2v) is 5.90. The molecule has 1 aliphatic carbocycles. The van der Waals surface area contributed by atoms with Gasteiger partial charge in [0.15, 0.2) is 0 Å². The fourth-order valence-corrected chi connectivity index (χ4v) is 3.68. The van der Waals surface area contributed by atoms with E-state index in [-0.39, 0.29) is 5.69 Å². The van der Waals surface area contributed by atoms with E-state index in [0.717, 1.165) is 37.0 Å². The Morgan fingerprint density at radius 2 is 2.05 bits per heavy atom. The van der Waals surface area contributed by atoms with Gasteiger partial charge < -0.3 is 5.43 Å². The van der Waals surface area contributed by atoms with Gasteiger partial charge in [0, 0.05) is 25.7 Å². The summed E-state index contributed by atoms with van der Waals surface area (Å²) in [5, 5.41) is 10.9. The number of rotatable bonds is 4. The molecule has 20 heavy (non-hydrogen) atoms. The SMILES string of the molecule is NNc1cc(CN2CC3CCCC3C2)ccc1[N+](=O)[O-]. The summed E-state index contributed by atoms with van der Waals surface area (Å²) >= 11 is 0. The highest BCUT2D eigenvalue weighted by molar-refractivity contribution is 5.62. The summed E-state index contributed by atoms with van der Waals surface area (Å²) in [7, 11) is 0.